The summed E-state index contributed by atoms with van der Waals surface area (Å²) in [7, 11) is 0. The number of nitrogens with one attached hydrogen (secondary N) is 1. The molecule has 3 rings (SSSR count). The molecule has 1 N–H and O–H groups in total. The van der Waals surface area contributed by atoms with Gasteiger partial charge in [-0.3, -0.25) is 4.79 Å². The van der Waals surface area contributed by atoms with Crippen LogP contribution in [0.2, 0.25) is 0 Å². The summed E-state index contributed by atoms with van der Waals surface area (Å²) in [4.78, 5) is 11.7. The Morgan fingerprint density at radius 1 is 1.21 bits per heavy atom. The summed E-state index contributed by atoms with van der Waals surface area (Å²) in [5, 5.41) is 2.83. The monoisotopic (exact) mass is 329 g/mol. The molecule has 24 heavy (non-hydrogen) atoms. The number of hydrogen-bond acceptors (Lipinski definition) is 4. The molecule has 0 bridgehead atoms. The van der Waals surface area contributed by atoms with Crippen LogP contribution in [0.5, 0.6) is 17.2 Å². The molecule has 1 amide bonds. The summed E-state index contributed by atoms with van der Waals surface area (Å²) in [6.07, 6.45) is 6.82. The number of amides is 1. The zero-order valence-electron chi connectivity index (χ0n) is 13.8. The zero-order chi connectivity index (χ0) is 16.6. The third kappa shape index (κ3) is 4.82. The molecule has 2 aliphatic rings. The van der Waals surface area contributed by atoms with Gasteiger partial charge in [-0.15, -0.1) is 0 Å². The Bertz CT molecular complexity index is 626. The van der Waals surface area contributed by atoms with E-state index in [9.17, 15) is 4.79 Å². The lowest BCUT2D eigenvalue weighted by Gasteiger charge is -2.07. The van der Waals surface area contributed by atoms with E-state index in [1.807, 2.05) is 12.1 Å². The van der Waals surface area contributed by atoms with E-state index < -0.39 is 0 Å². The largest absolute Gasteiger partial charge is 0.481 e. The van der Waals surface area contributed by atoms with Gasteiger partial charge in [-0.25, -0.2) is 0 Å². The summed E-state index contributed by atoms with van der Waals surface area (Å²) in [5.41, 5.74) is 0. The fourth-order valence-corrected chi connectivity index (χ4v) is 3.07. The van der Waals surface area contributed by atoms with Gasteiger partial charge in [-0.2, -0.15) is 0 Å². The molecular weight excluding hydrogens is 306 g/mol. The molecule has 5 nitrogen and oxygen atoms in total. The molecule has 128 valence electrons. The van der Waals surface area contributed by atoms with Gasteiger partial charge in [0.15, 0.2) is 11.5 Å². The first-order chi connectivity index (χ1) is 11.8. The number of ether oxygens (including phenoxy) is 3. The molecule has 1 aromatic carbocycles. The maximum Gasteiger partial charge on any atom is 0.231 e. The summed E-state index contributed by atoms with van der Waals surface area (Å²) in [6, 6.07) is 5.42. The summed E-state index contributed by atoms with van der Waals surface area (Å²) < 4.78 is 16.1. The van der Waals surface area contributed by atoms with Crippen molar-refractivity contribution in [1.29, 1.82) is 0 Å². The molecule has 0 radical (unpaired) electrons. The van der Waals surface area contributed by atoms with Crippen molar-refractivity contribution in [2.24, 2.45) is 5.92 Å². The van der Waals surface area contributed by atoms with Crippen LogP contribution >= 0.6 is 0 Å². The first-order valence-corrected chi connectivity index (χ1v) is 8.56. The molecule has 0 atom stereocenters. The molecule has 5 heteroatoms. The van der Waals surface area contributed by atoms with Gasteiger partial charge in [0, 0.05) is 12.5 Å². The standard InChI is InChI=1S/C19H23NO4/c21-19(10-7-15-5-1-2-6-15)20-11-3-4-12-22-16-8-9-17-18(13-16)24-14-23-17/h8-9,13,15H,1-2,5-7,10-12,14H2,(H,20,21). The molecular formula is C19H23NO4. The SMILES string of the molecule is O=C(CCC1CCCC1)NCC#CCOc1ccc2c(c1)OCO2. The normalized spacial score (nSPS) is 15.7. The van der Waals surface area contributed by atoms with Crippen molar-refractivity contribution >= 4 is 5.91 Å². The lowest BCUT2D eigenvalue weighted by atomic mass is 10.0. The minimum atomic E-state index is 0.0906. The number of rotatable bonds is 6. The van der Waals surface area contributed by atoms with Crippen LogP contribution in [0.1, 0.15) is 38.5 Å². The Morgan fingerprint density at radius 2 is 2.04 bits per heavy atom. The van der Waals surface area contributed by atoms with Crippen LogP contribution in [-0.2, 0) is 4.79 Å². The predicted octanol–water partition coefficient (Wildman–Crippen LogP) is 2.88. The number of fused-ring (bicyclic) bond motifs is 1. The minimum Gasteiger partial charge on any atom is -0.481 e. The maximum absolute atomic E-state index is 11.7. The van der Waals surface area contributed by atoms with Crippen LogP contribution in [0.3, 0.4) is 0 Å². The van der Waals surface area contributed by atoms with E-state index in [1.165, 1.54) is 25.7 Å². The second-order valence-electron chi connectivity index (χ2n) is 6.12. The number of hydrogen-bond donors (Lipinski definition) is 1. The highest BCUT2D eigenvalue weighted by atomic mass is 16.7. The van der Waals surface area contributed by atoms with Gasteiger partial charge in [-0.1, -0.05) is 37.5 Å². The van der Waals surface area contributed by atoms with E-state index in [-0.39, 0.29) is 19.3 Å². The van der Waals surface area contributed by atoms with E-state index in [4.69, 9.17) is 14.2 Å². The van der Waals surface area contributed by atoms with E-state index in [2.05, 4.69) is 17.2 Å². The second-order valence-corrected chi connectivity index (χ2v) is 6.12. The molecule has 1 saturated carbocycles. The van der Waals surface area contributed by atoms with Gasteiger partial charge in [-0.05, 0) is 24.5 Å². The van der Waals surface area contributed by atoms with Gasteiger partial charge < -0.3 is 19.5 Å². The lowest BCUT2D eigenvalue weighted by molar-refractivity contribution is -0.121. The highest BCUT2D eigenvalue weighted by Crippen LogP contribution is 2.35. The predicted molar refractivity (Wildman–Crippen MR) is 90.0 cm³/mol. The molecule has 0 aromatic heterocycles. The molecule has 1 heterocycles. The van der Waals surface area contributed by atoms with Gasteiger partial charge >= 0.3 is 0 Å². The summed E-state index contributed by atoms with van der Waals surface area (Å²) in [6.45, 7) is 0.893. The van der Waals surface area contributed by atoms with E-state index in [0.717, 1.165) is 18.1 Å². The van der Waals surface area contributed by atoms with Gasteiger partial charge in [0.25, 0.3) is 0 Å². The third-order valence-electron chi connectivity index (χ3n) is 4.41. The minimum absolute atomic E-state index is 0.0906. The Labute approximate surface area is 142 Å². The van der Waals surface area contributed by atoms with E-state index >= 15 is 0 Å². The third-order valence-corrected chi connectivity index (χ3v) is 4.41. The topological polar surface area (TPSA) is 56.8 Å². The van der Waals surface area contributed by atoms with Crippen LogP contribution in [0.25, 0.3) is 0 Å². The Morgan fingerprint density at radius 3 is 2.92 bits per heavy atom. The van der Waals surface area contributed by atoms with Crippen LogP contribution in [0.15, 0.2) is 18.2 Å². The molecule has 0 unspecified atom stereocenters. The average Bonchev–Trinajstić information content (AvgIpc) is 3.26. The van der Waals surface area contributed by atoms with Crippen molar-refractivity contribution in [2.45, 2.75) is 38.5 Å². The fourth-order valence-electron chi connectivity index (χ4n) is 3.07. The Balaban J connectivity index is 1.29. The van der Waals surface area contributed by atoms with Crippen molar-refractivity contribution in [3.63, 3.8) is 0 Å². The molecule has 0 saturated heterocycles. The first kappa shape index (κ1) is 16.5. The number of benzene rings is 1. The lowest BCUT2D eigenvalue weighted by Crippen LogP contribution is -2.23. The van der Waals surface area contributed by atoms with E-state index in [1.54, 1.807) is 6.07 Å². The van der Waals surface area contributed by atoms with Crippen molar-refractivity contribution in [2.75, 3.05) is 19.9 Å². The van der Waals surface area contributed by atoms with Crippen molar-refractivity contribution in [1.82, 2.24) is 5.32 Å². The highest BCUT2D eigenvalue weighted by Gasteiger charge is 2.16. The molecule has 1 aliphatic carbocycles. The van der Waals surface area contributed by atoms with Crippen LogP contribution < -0.4 is 19.5 Å². The summed E-state index contributed by atoms with van der Waals surface area (Å²) in [5.74, 6) is 8.75. The van der Waals surface area contributed by atoms with Crippen LogP contribution in [0, 0.1) is 17.8 Å². The van der Waals surface area contributed by atoms with Gasteiger partial charge in [0.1, 0.15) is 12.4 Å². The average molecular weight is 329 g/mol. The molecule has 1 aromatic rings. The maximum atomic E-state index is 11.7. The Hall–Kier alpha value is -2.35. The highest BCUT2D eigenvalue weighted by molar-refractivity contribution is 5.76. The molecule has 1 fully saturated rings. The zero-order valence-corrected chi connectivity index (χ0v) is 13.8. The van der Waals surface area contributed by atoms with Crippen molar-refractivity contribution < 1.29 is 19.0 Å². The van der Waals surface area contributed by atoms with Crippen LogP contribution in [-0.4, -0.2) is 25.9 Å². The van der Waals surface area contributed by atoms with Crippen LogP contribution in [0.4, 0.5) is 0 Å². The van der Waals surface area contributed by atoms with E-state index in [0.29, 0.717) is 24.5 Å². The van der Waals surface area contributed by atoms with Crippen molar-refractivity contribution in [3.05, 3.63) is 18.2 Å². The number of carbonyl (C=O) groups is 1. The van der Waals surface area contributed by atoms with Gasteiger partial charge in [0.05, 0.1) is 6.54 Å². The molecule has 0 spiro atoms. The number of carbonyl (C=O) groups excluding carboxylic acids is 1. The first-order valence-electron chi connectivity index (χ1n) is 8.56. The Kier molecular flexibility index (Phi) is 5.84. The summed E-state index contributed by atoms with van der Waals surface area (Å²) >= 11 is 0. The second kappa shape index (κ2) is 8.49. The molecule has 1 aliphatic heterocycles. The smallest absolute Gasteiger partial charge is 0.231 e. The fraction of sp³-hybridized carbons (Fsp3) is 0.526. The van der Waals surface area contributed by atoms with Gasteiger partial charge in [0.2, 0.25) is 12.7 Å². The quantitative estimate of drug-likeness (QED) is 0.816. The van der Waals surface area contributed by atoms with Crippen molar-refractivity contribution in [3.8, 4) is 29.1 Å².